The fraction of sp³-hybridized carbons (Fsp3) is 0.0714. The van der Waals surface area contributed by atoms with Crippen molar-refractivity contribution in [2.45, 2.75) is 6.54 Å². The van der Waals surface area contributed by atoms with Crippen molar-refractivity contribution >= 4 is 44.2 Å². The molecule has 1 amide bonds. The Balaban J connectivity index is 1.39. The summed E-state index contributed by atoms with van der Waals surface area (Å²) in [6, 6.07) is 24.6. The normalized spacial score (nSPS) is 11.2. The van der Waals surface area contributed by atoms with Gasteiger partial charge in [0, 0.05) is 35.8 Å². The van der Waals surface area contributed by atoms with Crippen molar-refractivity contribution in [1.29, 1.82) is 0 Å². The van der Waals surface area contributed by atoms with Gasteiger partial charge in [0.2, 0.25) is 5.91 Å². The molecule has 0 fully saturated rings. The van der Waals surface area contributed by atoms with Gasteiger partial charge in [0.05, 0.1) is 21.6 Å². The highest BCUT2D eigenvalue weighted by atomic mass is 32.1. The molecular formula is C28H21N5O2S. The number of thiazole rings is 1. The molecule has 6 aromatic rings. The molecule has 3 aromatic carbocycles. The predicted octanol–water partition coefficient (Wildman–Crippen LogP) is 5.32. The zero-order valence-electron chi connectivity index (χ0n) is 19.4. The molecule has 0 atom stereocenters. The number of amides is 1. The first-order valence-electron chi connectivity index (χ1n) is 11.4. The molecule has 0 unspecified atom stereocenters. The van der Waals surface area contributed by atoms with Crippen LogP contribution in [0.5, 0.6) is 0 Å². The van der Waals surface area contributed by atoms with E-state index < -0.39 is 0 Å². The SMILES string of the molecule is Cn1ccnc1-c1sc(NC(=O)Cn2c3ccccc3c(=O)c3ccccc32)nc1-c1ccccc1. The minimum absolute atomic E-state index is 0.0370. The average Bonchev–Trinajstić information content (AvgIpc) is 3.52. The molecule has 3 heterocycles. The summed E-state index contributed by atoms with van der Waals surface area (Å²) in [6.45, 7) is 0.0410. The van der Waals surface area contributed by atoms with E-state index >= 15 is 0 Å². The van der Waals surface area contributed by atoms with E-state index in [4.69, 9.17) is 4.98 Å². The number of rotatable bonds is 5. The molecule has 6 rings (SSSR count). The van der Waals surface area contributed by atoms with Crippen LogP contribution in [0.4, 0.5) is 5.13 Å². The topological polar surface area (TPSA) is 81.8 Å². The van der Waals surface area contributed by atoms with Crippen molar-refractivity contribution < 1.29 is 4.79 Å². The summed E-state index contributed by atoms with van der Waals surface area (Å²) >= 11 is 1.39. The van der Waals surface area contributed by atoms with Gasteiger partial charge in [-0.2, -0.15) is 0 Å². The Hall–Kier alpha value is -4.56. The number of benzene rings is 3. The summed E-state index contributed by atoms with van der Waals surface area (Å²) in [4.78, 5) is 36.4. The third-order valence-electron chi connectivity index (χ3n) is 6.13. The maximum atomic E-state index is 13.3. The number of carbonyl (C=O) groups excluding carboxylic acids is 1. The lowest BCUT2D eigenvalue weighted by Gasteiger charge is -2.14. The number of carbonyl (C=O) groups is 1. The van der Waals surface area contributed by atoms with Gasteiger partial charge < -0.3 is 14.5 Å². The molecule has 176 valence electrons. The van der Waals surface area contributed by atoms with Crippen LogP contribution in [0.1, 0.15) is 0 Å². The van der Waals surface area contributed by atoms with Crippen LogP contribution >= 0.6 is 11.3 Å². The highest BCUT2D eigenvalue weighted by Gasteiger charge is 2.20. The van der Waals surface area contributed by atoms with Gasteiger partial charge >= 0.3 is 0 Å². The van der Waals surface area contributed by atoms with Crippen LogP contribution in [0.25, 0.3) is 43.8 Å². The zero-order chi connectivity index (χ0) is 24.6. The fourth-order valence-corrected chi connectivity index (χ4v) is 5.49. The third-order valence-corrected chi connectivity index (χ3v) is 7.09. The van der Waals surface area contributed by atoms with Gasteiger partial charge in [-0.1, -0.05) is 65.9 Å². The van der Waals surface area contributed by atoms with Crippen LogP contribution < -0.4 is 10.7 Å². The lowest BCUT2D eigenvalue weighted by Crippen LogP contribution is -2.21. The Bertz CT molecular complexity index is 1740. The molecule has 36 heavy (non-hydrogen) atoms. The molecule has 0 radical (unpaired) electrons. The largest absolute Gasteiger partial charge is 0.333 e. The van der Waals surface area contributed by atoms with Crippen LogP contribution in [-0.4, -0.2) is 25.0 Å². The number of fused-ring (bicyclic) bond motifs is 2. The Morgan fingerprint density at radius 3 is 2.19 bits per heavy atom. The molecule has 0 aliphatic heterocycles. The van der Waals surface area contributed by atoms with E-state index in [0.717, 1.165) is 22.0 Å². The molecule has 8 heteroatoms. The van der Waals surface area contributed by atoms with Crippen molar-refractivity contribution in [2.24, 2.45) is 7.05 Å². The predicted molar refractivity (Wildman–Crippen MR) is 144 cm³/mol. The second-order valence-corrected chi connectivity index (χ2v) is 9.42. The van der Waals surface area contributed by atoms with E-state index in [-0.39, 0.29) is 17.9 Å². The molecule has 0 bridgehead atoms. The van der Waals surface area contributed by atoms with E-state index in [1.807, 2.05) is 89.1 Å². The number of nitrogens with one attached hydrogen (secondary N) is 1. The molecular weight excluding hydrogens is 470 g/mol. The highest BCUT2D eigenvalue weighted by Crippen LogP contribution is 2.38. The van der Waals surface area contributed by atoms with Crippen LogP contribution in [-0.2, 0) is 18.4 Å². The van der Waals surface area contributed by atoms with E-state index in [9.17, 15) is 9.59 Å². The number of aryl methyl sites for hydroxylation is 1. The standard InChI is InChI=1S/C28H21N5O2S/c1-32-16-15-29-27(32)26-24(18-9-3-2-4-10-18)31-28(36-26)30-23(34)17-33-21-13-7-5-11-19(21)25(35)20-12-6-8-14-22(20)33/h2-16H,17H2,1H3,(H,30,31,34). The quantitative estimate of drug-likeness (QED) is 0.331. The third kappa shape index (κ3) is 3.77. The monoisotopic (exact) mass is 491 g/mol. The summed E-state index contributed by atoms with van der Waals surface area (Å²) in [5, 5.41) is 4.64. The molecule has 1 N–H and O–H groups in total. The summed E-state index contributed by atoms with van der Waals surface area (Å²) in [5.74, 6) is 0.554. The maximum absolute atomic E-state index is 13.3. The lowest BCUT2D eigenvalue weighted by atomic mass is 10.1. The van der Waals surface area contributed by atoms with Crippen molar-refractivity contribution in [3.63, 3.8) is 0 Å². The van der Waals surface area contributed by atoms with Crippen molar-refractivity contribution in [1.82, 2.24) is 19.1 Å². The smallest absolute Gasteiger partial charge is 0.246 e. The Labute approximate surface area is 210 Å². The van der Waals surface area contributed by atoms with Crippen molar-refractivity contribution in [2.75, 3.05) is 5.32 Å². The van der Waals surface area contributed by atoms with E-state index in [0.29, 0.717) is 26.9 Å². The highest BCUT2D eigenvalue weighted by molar-refractivity contribution is 7.19. The van der Waals surface area contributed by atoms with Gasteiger partial charge in [-0.25, -0.2) is 9.97 Å². The minimum Gasteiger partial charge on any atom is -0.333 e. The summed E-state index contributed by atoms with van der Waals surface area (Å²) in [7, 11) is 1.93. The van der Waals surface area contributed by atoms with E-state index in [1.54, 1.807) is 18.3 Å². The molecule has 0 saturated carbocycles. The Kier molecular flexibility index (Phi) is 5.42. The first-order chi connectivity index (χ1) is 17.6. The number of nitrogens with zero attached hydrogens (tertiary/aromatic N) is 4. The van der Waals surface area contributed by atoms with E-state index in [2.05, 4.69) is 10.3 Å². The fourth-order valence-electron chi connectivity index (χ4n) is 4.45. The lowest BCUT2D eigenvalue weighted by molar-refractivity contribution is -0.116. The van der Waals surface area contributed by atoms with Crippen molar-refractivity contribution in [3.05, 3.63) is 101 Å². The van der Waals surface area contributed by atoms with Gasteiger partial charge in [0.1, 0.15) is 6.54 Å². The van der Waals surface area contributed by atoms with Gasteiger partial charge in [-0.15, -0.1) is 0 Å². The van der Waals surface area contributed by atoms with Gasteiger partial charge in [0.25, 0.3) is 0 Å². The maximum Gasteiger partial charge on any atom is 0.246 e. The molecule has 7 nitrogen and oxygen atoms in total. The van der Waals surface area contributed by atoms with Crippen LogP contribution in [0.2, 0.25) is 0 Å². The first-order valence-corrected chi connectivity index (χ1v) is 12.3. The number of hydrogen-bond acceptors (Lipinski definition) is 5. The molecule has 0 saturated heterocycles. The van der Waals surface area contributed by atoms with Crippen LogP contribution in [0, 0.1) is 0 Å². The average molecular weight is 492 g/mol. The second kappa shape index (κ2) is 8.90. The number of hydrogen-bond donors (Lipinski definition) is 1. The number of imidazole rings is 1. The number of pyridine rings is 1. The zero-order valence-corrected chi connectivity index (χ0v) is 20.2. The van der Waals surface area contributed by atoms with Crippen molar-refractivity contribution in [3.8, 4) is 22.0 Å². The van der Waals surface area contributed by atoms with Crippen LogP contribution in [0.3, 0.4) is 0 Å². The second-order valence-electron chi connectivity index (χ2n) is 8.42. The number of para-hydroxylation sites is 2. The molecule has 0 aliphatic carbocycles. The summed E-state index contributed by atoms with van der Waals surface area (Å²) in [5.41, 5.74) is 3.11. The molecule has 0 aliphatic rings. The Morgan fingerprint density at radius 1 is 0.917 bits per heavy atom. The molecule has 0 spiro atoms. The minimum atomic E-state index is -0.228. The number of anilines is 1. The van der Waals surface area contributed by atoms with Crippen LogP contribution in [0.15, 0.2) is 96.1 Å². The summed E-state index contributed by atoms with van der Waals surface area (Å²) < 4.78 is 3.82. The first kappa shape index (κ1) is 21.9. The van der Waals surface area contributed by atoms with Gasteiger partial charge in [-0.05, 0) is 24.3 Å². The molecule has 3 aromatic heterocycles. The van der Waals surface area contributed by atoms with Gasteiger partial charge in [0.15, 0.2) is 16.4 Å². The summed E-state index contributed by atoms with van der Waals surface area (Å²) in [6.07, 6.45) is 3.63. The van der Waals surface area contributed by atoms with E-state index in [1.165, 1.54) is 11.3 Å². The van der Waals surface area contributed by atoms with Gasteiger partial charge in [-0.3, -0.25) is 9.59 Å². The number of aromatic nitrogens is 4. The Morgan fingerprint density at radius 2 is 1.56 bits per heavy atom.